The first-order chi connectivity index (χ1) is 16.3. The van der Waals surface area contributed by atoms with Crippen molar-refractivity contribution in [2.45, 2.75) is 25.4 Å². The first kappa shape index (κ1) is 23.2. The molecule has 2 aromatic carbocycles. The first-order valence-corrected chi connectivity index (χ1v) is 11.3. The van der Waals surface area contributed by atoms with Crippen LogP contribution in [0.3, 0.4) is 0 Å². The first-order valence-electron chi connectivity index (χ1n) is 10.3. The fraction of sp³-hybridized carbons (Fsp3) is 0.174. The van der Waals surface area contributed by atoms with Crippen molar-refractivity contribution in [1.82, 2.24) is 24.7 Å². The van der Waals surface area contributed by atoms with Crippen molar-refractivity contribution in [3.8, 4) is 5.69 Å². The second-order valence-electron chi connectivity index (χ2n) is 7.66. The number of anilines is 1. The molecule has 4 rings (SSSR count). The molecule has 0 saturated heterocycles. The Labute approximate surface area is 197 Å². The molecule has 174 valence electrons. The normalized spacial score (nSPS) is 10.9. The lowest BCUT2D eigenvalue weighted by molar-refractivity contribution is -0.113. The number of aryl methyl sites for hydroxylation is 2. The van der Waals surface area contributed by atoms with Crippen LogP contribution in [0.4, 0.5) is 10.1 Å². The quantitative estimate of drug-likeness (QED) is 0.349. The smallest absolute Gasteiger partial charge is 0.325 e. The van der Waals surface area contributed by atoms with E-state index in [0.29, 0.717) is 22.4 Å². The van der Waals surface area contributed by atoms with Gasteiger partial charge in [-0.05, 0) is 55.3 Å². The van der Waals surface area contributed by atoms with E-state index in [1.165, 1.54) is 18.2 Å². The van der Waals surface area contributed by atoms with Gasteiger partial charge in [-0.15, -0.1) is 10.2 Å². The Kier molecular flexibility index (Phi) is 6.73. The molecule has 9 nitrogen and oxygen atoms in total. The second-order valence-corrected chi connectivity index (χ2v) is 8.60. The van der Waals surface area contributed by atoms with Crippen LogP contribution in [0.25, 0.3) is 5.69 Å². The molecule has 2 heterocycles. The van der Waals surface area contributed by atoms with Gasteiger partial charge < -0.3 is 10.3 Å². The average molecular weight is 481 g/mol. The molecule has 4 aromatic rings. The number of amides is 1. The Hall–Kier alpha value is -3.99. The number of H-pyrrole nitrogens is 2. The monoisotopic (exact) mass is 480 g/mol. The molecule has 0 aliphatic heterocycles. The van der Waals surface area contributed by atoms with Crippen molar-refractivity contribution in [2.75, 3.05) is 11.1 Å². The Morgan fingerprint density at radius 3 is 2.56 bits per heavy atom. The van der Waals surface area contributed by atoms with Crippen molar-refractivity contribution in [3.63, 3.8) is 0 Å². The van der Waals surface area contributed by atoms with Crippen molar-refractivity contribution in [1.29, 1.82) is 0 Å². The van der Waals surface area contributed by atoms with Crippen LogP contribution in [0.5, 0.6) is 0 Å². The molecule has 0 spiro atoms. The molecule has 0 aliphatic carbocycles. The molecular formula is C23H21FN6O3S. The summed E-state index contributed by atoms with van der Waals surface area (Å²) in [7, 11) is 0. The van der Waals surface area contributed by atoms with Crippen LogP contribution in [0.1, 0.15) is 22.6 Å². The minimum absolute atomic E-state index is 0.0640. The topological polar surface area (TPSA) is 126 Å². The number of carbonyl (C=O) groups excluding carboxylic acids is 1. The van der Waals surface area contributed by atoms with Crippen LogP contribution in [-0.2, 0) is 11.2 Å². The molecule has 11 heteroatoms. The third-order valence-corrected chi connectivity index (χ3v) is 5.88. The highest BCUT2D eigenvalue weighted by Crippen LogP contribution is 2.24. The Balaban J connectivity index is 1.59. The van der Waals surface area contributed by atoms with Gasteiger partial charge in [-0.1, -0.05) is 23.9 Å². The zero-order chi connectivity index (χ0) is 24.2. The fourth-order valence-corrected chi connectivity index (χ4v) is 4.10. The summed E-state index contributed by atoms with van der Waals surface area (Å²) in [6, 6.07) is 12.8. The highest BCUT2D eigenvalue weighted by Gasteiger charge is 2.17. The summed E-state index contributed by atoms with van der Waals surface area (Å²) in [4.78, 5) is 40.6. The molecule has 0 aliphatic rings. The molecule has 0 bridgehead atoms. The van der Waals surface area contributed by atoms with Gasteiger partial charge in [0.1, 0.15) is 11.6 Å². The lowest BCUT2D eigenvalue weighted by Gasteiger charge is -2.11. The van der Waals surface area contributed by atoms with E-state index in [9.17, 15) is 18.8 Å². The van der Waals surface area contributed by atoms with E-state index in [4.69, 9.17) is 0 Å². The van der Waals surface area contributed by atoms with Crippen molar-refractivity contribution >= 4 is 23.4 Å². The number of halogens is 1. The van der Waals surface area contributed by atoms with Gasteiger partial charge in [0, 0.05) is 29.6 Å². The number of aromatic nitrogens is 5. The number of hydrogen-bond acceptors (Lipinski definition) is 6. The number of thioether (sulfide) groups is 1. The van der Waals surface area contributed by atoms with Gasteiger partial charge in [-0.25, -0.2) is 9.18 Å². The molecule has 0 radical (unpaired) electrons. The van der Waals surface area contributed by atoms with Crippen molar-refractivity contribution in [2.24, 2.45) is 0 Å². The Bertz CT molecular complexity index is 1430. The standard InChI is InChI=1S/C23H21FN6O3S/c1-13-3-4-14(2)18(9-13)26-21(32)12-34-23-29-28-19(10-16-11-20(31)27-22(33)25-16)30(23)17-7-5-15(24)6-8-17/h3-9,11H,10,12H2,1-2H3,(H,26,32)(H2,25,27,31,33). The van der Waals surface area contributed by atoms with Gasteiger partial charge in [0.2, 0.25) is 5.91 Å². The van der Waals surface area contributed by atoms with E-state index < -0.39 is 17.1 Å². The maximum Gasteiger partial charge on any atom is 0.325 e. The van der Waals surface area contributed by atoms with E-state index in [2.05, 4.69) is 25.5 Å². The van der Waals surface area contributed by atoms with Crippen LogP contribution < -0.4 is 16.6 Å². The summed E-state index contributed by atoms with van der Waals surface area (Å²) < 4.78 is 15.2. The average Bonchev–Trinajstić information content (AvgIpc) is 3.17. The van der Waals surface area contributed by atoms with E-state index in [-0.39, 0.29) is 18.1 Å². The van der Waals surface area contributed by atoms with Gasteiger partial charge in [0.25, 0.3) is 5.56 Å². The van der Waals surface area contributed by atoms with Gasteiger partial charge >= 0.3 is 5.69 Å². The summed E-state index contributed by atoms with van der Waals surface area (Å²) in [5.41, 5.74) is 2.47. The van der Waals surface area contributed by atoms with Crippen LogP contribution >= 0.6 is 11.8 Å². The van der Waals surface area contributed by atoms with Crippen LogP contribution in [0, 0.1) is 19.7 Å². The van der Waals surface area contributed by atoms with Gasteiger partial charge in [-0.3, -0.25) is 19.1 Å². The van der Waals surface area contributed by atoms with Gasteiger partial charge in [0.15, 0.2) is 5.16 Å². The van der Waals surface area contributed by atoms with Gasteiger partial charge in [-0.2, -0.15) is 0 Å². The lowest BCUT2D eigenvalue weighted by Crippen LogP contribution is -2.23. The highest BCUT2D eigenvalue weighted by molar-refractivity contribution is 7.99. The molecule has 0 unspecified atom stereocenters. The van der Waals surface area contributed by atoms with E-state index in [1.54, 1.807) is 16.7 Å². The maximum absolute atomic E-state index is 13.5. The molecule has 34 heavy (non-hydrogen) atoms. The van der Waals surface area contributed by atoms with Crippen LogP contribution in [0.15, 0.2) is 63.3 Å². The third kappa shape index (κ3) is 5.49. The fourth-order valence-electron chi connectivity index (χ4n) is 3.33. The predicted octanol–water partition coefficient (Wildman–Crippen LogP) is 2.72. The SMILES string of the molecule is Cc1ccc(C)c(NC(=O)CSc2nnc(Cc3cc(=O)[nH]c(=O)[nH]3)n2-c2ccc(F)cc2)c1. The molecule has 1 amide bonds. The van der Waals surface area contributed by atoms with Crippen molar-refractivity contribution in [3.05, 3.63) is 97.8 Å². The summed E-state index contributed by atoms with van der Waals surface area (Å²) >= 11 is 1.16. The number of rotatable bonds is 7. The number of nitrogens with one attached hydrogen (secondary N) is 3. The van der Waals surface area contributed by atoms with Crippen molar-refractivity contribution < 1.29 is 9.18 Å². The minimum Gasteiger partial charge on any atom is -0.325 e. The number of hydrogen-bond donors (Lipinski definition) is 3. The van der Waals surface area contributed by atoms with Crippen LogP contribution in [0.2, 0.25) is 0 Å². The zero-order valence-corrected chi connectivity index (χ0v) is 19.2. The molecular weight excluding hydrogens is 459 g/mol. The highest BCUT2D eigenvalue weighted by atomic mass is 32.2. The van der Waals surface area contributed by atoms with Crippen LogP contribution in [-0.4, -0.2) is 36.4 Å². The maximum atomic E-state index is 13.5. The molecule has 0 atom stereocenters. The van der Waals surface area contributed by atoms with Gasteiger partial charge in [0.05, 0.1) is 5.75 Å². The molecule has 0 fully saturated rings. The summed E-state index contributed by atoms with van der Waals surface area (Å²) in [5.74, 6) is -0.147. The summed E-state index contributed by atoms with van der Waals surface area (Å²) in [5, 5.41) is 11.7. The minimum atomic E-state index is -0.631. The second kappa shape index (κ2) is 9.87. The predicted molar refractivity (Wildman–Crippen MR) is 127 cm³/mol. The van der Waals surface area contributed by atoms with E-state index >= 15 is 0 Å². The van der Waals surface area contributed by atoms with E-state index in [1.807, 2.05) is 32.0 Å². The zero-order valence-electron chi connectivity index (χ0n) is 18.4. The largest absolute Gasteiger partial charge is 0.325 e. The number of carbonyl (C=O) groups is 1. The molecule has 3 N–H and O–H groups in total. The number of aromatic amines is 2. The number of benzene rings is 2. The third-order valence-electron chi connectivity index (χ3n) is 4.95. The van der Waals surface area contributed by atoms with E-state index in [0.717, 1.165) is 28.6 Å². The molecule has 0 saturated carbocycles. The summed E-state index contributed by atoms with van der Waals surface area (Å²) in [6.07, 6.45) is 0.0960. The summed E-state index contributed by atoms with van der Waals surface area (Å²) in [6.45, 7) is 3.86. The molecule has 2 aromatic heterocycles. The lowest BCUT2D eigenvalue weighted by atomic mass is 10.1. The Morgan fingerprint density at radius 2 is 1.82 bits per heavy atom. The Morgan fingerprint density at radius 1 is 1.06 bits per heavy atom. The number of nitrogens with zero attached hydrogens (tertiary/aromatic N) is 3.